The topological polar surface area (TPSA) is 54.5 Å². The van der Waals surface area contributed by atoms with Gasteiger partial charge in [-0.15, -0.1) is 0 Å². The Kier molecular flexibility index (Phi) is 5.77. The summed E-state index contributed by atoms with van der Waals surface area (Å²) in [6, 6.07) is 0. The van der Waals surface area contributed by atoms with E-state index < -0.39 is 15.2 Å². The van der Waals surface area contributed by atoms with Crippen LogP contribution in [0.15, 0.2) is 0 Å². The van der Waals surface area contributed by atoms with Gasteiger partial charge in [0.05, 0.1) is 0 Å². The maximum Gasteiger partial charge on any atom is 0.164 e. The maximum atomic E-state index is 12.2. The van der Waals surface area contributed by atoms with E-state index in [0.717, 1.165) is 25.1 Å². The van der Waals surface area contributed by atoms with Gasteiger partial charge in [-0.1, -0.05) is 13.8 Å². The fraction of sp³-hybridized carbons (Fsp3) is 0.933. The molecular formula is C15H27NO3S2. The summed E-state index contributed by atoms with van der Waals surface area (Å²) in [5, 5.41) is -0.413. The van der Waals surface area contributed by atoms with Crippen molar-refractivity contribution in [3.05, 3.63) is 0 Å². The summed E-state index contributed by atoms with van der Waals surface area (Å²) in [5.74, 6) is 3.15. The molecule has 6 heteroatoms. The SMILES string of the molecule is CC(C)C1CCC(=O)C(CN2CCSCC2S(C)(=O)=O)C1. The van der Waals surface area contributed by atoms with Crippen molar-refractivity contribution >= 4 is 27.4 Å². The molecule has 0 aromatic heterocycles. The molecule has 21 heavy (non-hydrogen) atoms. The molecule has 3 unspecified atom stereocenters. The van der Waals surface area contributed by atoms with Crippen LogP contribution < -0.4 is 0 Å². The predicted octanol–water partition coefficient (Wildman–Crippen LogP) is 2.05. The molecule has 1 aliphatic carbocycles. The molecule has 0 radical (unpaired) electrons. The van der Waals surface area contributed by atoms with Crippen molar-refractivity contribution in [1.82, 2.24) is 4.90 Å². The third-order valence-electron chi connectivity index (χ3n) is 4.89. The lowest BCUT2D eigenvalue weighted by atomic mass is 9.75. The average Bonchev–Trinajstić information content (AvgIpc) is 2.40. The number of thioether (sulfide) groups is 1. The van der Waals surface area contributed by atoms with E-state index in [2.05, 4.69) is 13.8 Å². The molecule has 0 N–H and O–H groups in total. The van der Waals surface area contributed by atoms with Crippen molar-refractivity contribution in [2.45, 2.75) is 38.5 Å². The van der Waals surface area contributed by atoms with Gasteiger partial charge in [0.2, 0.25) is 0 Å². The summed E-state index contributed by atoms with van der Waals surface area (Å²) in [6.45, 7) is 5.83. The molecule has 0 aromatic rings. The summed E-state index contributed by atoms with van der Waals surface area (Å²) in [4.78, 5) is 14.2. The molecule has 1 saturated carbocycles. The Hall–Kier alpha value is -0.0700. The fourth-order valence-corrected chi connectivity index (χ4v) is 6.38. The molecule has 0 amide bonds. The zero-order valence-electron chi connectivity index (χ0n) is 13.2. The van der Waals surface area contributed by atoms with Gasteiger partial charge in [0.15, 0.2) is 9.84 Å². The van der Waals surface area contributed by atoms with Crippen molar-refractivity contribution in [2.24, 2.45) is 17.8 Å². The molecule has 0 bridgehead atoms. The first kappa shape index (κ1) is 17.3. The largest absolute Gasteiger partial charge is 0.299 e. The van der Waals surface area contributed by atoms with Crippen molar-refractivity contribution in [1.29, 1.82) is 0 Å². The van der Waals surface area contributed by atoms with Crippen molar-refractivity contribution in [3.8, 4) is 0 Å². The van der Waals surface area contributed by atoms with Crippen molar-refractivity contribution < 1.29 is 13.2 Å². The highest BCUT2D eigenvalue weighted by Gasteiger charge is 2.36. The summed E-state index contributed by atoms with van der Waals surface area (Å²) in [5.41, 5.74) is 0. The van der Waals surface area contributed by atoms with Crippen LogP contribution >= 0.6 is 11.8 Å². The number of rotatable bonds is 4. The second kappa shape index (κ2) is 7.01. The standard InChI is InChI=1S/C15H27NO3S2/c1-11(2)12-4-5-14(17)13(8-12)9-16-6-7-20-10-15(16)21(3,18)19/h11-13,15H,4-10H2,1-3H3. The molecule has 4 nitrogen and oxygen atoms in total. The zero-order chi connectivity index (χ0) is 15.6. The van der Waals surface area contributed by atoms with Gasteiger partial charge in [0, 0.05) is 43.2 Å². The van der Waals surface area contributed by atoms with Crippen LogP contribution in [0, 0.1) is 17.8 Å². The number of Topliss-reactive ketones (excluding diaryl/α,β-unsaturated/α-hetero) is 1. The Morgan fingerprint density at radius 2 is 2.10 bits per heavy atom. The zero-order valence-corrected chi connectivity index (χ0v) is 14.9. The van der Waals surface area contributed by atoms with Crippen LogP contribution in [0.5, 0.6) is 0 Å². The maximum absolute atomic E-state index is 12.2. The number of hydrogen-bond donors (Lipinski definition) is 0. The third kappa shape index (κ3) is 4.45. The molecule has 1 saturated heterocycles. The lowest BCUT2D eigenvalue weighted by Gasteiger charge is -2.38. The first-order valence-corrected chi connectivity index (χ1v) is 10.9. The van der Waals surface area contributed by atoms with Gasteiger partial charge in [-0.05, 0) is 24.7 Å². The quantitative estimate of drug-likeness (QED) is 0.788. The van der Waals surface area contributed by atoms with Gasteiger partial charge in [-0.25, -0.2) is 8.42 Å². The molecule has 0 spiro atoms. The van der Waals surface area contributed by atoms with Crippen molar-refractivity contribution in [2.75, 3.05) is 30.9 Å². The Morgan fingerprint density at radius 3 is 2.71 bits per heavy atom. The lowest BCUT2D eigenvalue weighted by molar-refractivity contribution is -0.126. The van der Waals surface area contributed by atoms with Crippen LogP contribution in [-0.4, -0.2) is 55.3 Å². The second-order valence-corrected chi connectivity index (χ2v) is 10.1. The van der Waals surface area contributed by atoms with Gasteiger partial charge in [0.1, 0.15) is 11.2 Å². The van der Waals surface area contributed by atoms with E-state index in [4.69, 9.17) is 0 Å². The molecule has 1 aliphatic heterocycles. The number of sulfone groups is 1. The third-order valence-corrected chi connectivity index (χ3v) is 7.57. The molecule has 122 valence electrons. The average molecular weight is 334 g/mol. The summed E-state index contributed by atoms with van der Waals surface area (Å²) in [7, 11) is -3.08. The summed E-state index contributed by atoms with van der Waals surface area (Å²) >= 11 is 1.70. The van der Waals surface area contributed by atoms with Gasteiger partial charge in [-0.3, -0.25) is 9.69 Å². The fourth-order valence-electron chi connectivity index (χ4n) is 3.43. The lowest BCUT2D eigenvalue weighted by Crippen LogP contribution is -2.50. The van der Waals surface area contributed by atoms with E-state index in [9.17, 15) is 13.2 Å². The van der Waals surface area contributed by atoms with Gasteiger partial charge < -0.3 is 0 Å². The highest BCUT2D eigenvalue weighted by atomic mass is 32.2. The van der Waals surface area contributed by atoms with E-state index in [-0.39, 0.29) is 5.92 Å². The monoisotopic (exact) mass is 333 g/mol. The van der Waals surface area contributed by atoms with Crippen LogP contribution in [0.2, 0.25) is 0 Å². The van der Waals surface area contributed by atoms with Crippen LogP contribution in [-0.2, 0) is 14.6 Å². The van der Waals surface area contributed by atoms with Crippen molar-refractivity contribution in [3.63, 3.8) is 0 Å². The van der Waals surface area contributed by atoms with Crippen LogP contribution in [0.4, 0.5) is 0 Å². The van der Waals surface area contributed by atoms with Crippen LogP contribution in [0.1, 0.15) is 33.1 Å². The minimum absolute atomic E-state index is 0.0264. The Labute approximate surface area is 133 Å². The van der Waals surface area contributed by atoms with Gasteiger partial charge >= 0.3 is 0 Å². The van der Waals surface area contributed by atoms with Crippen LogP contribution in [0.3, 0.4) is 0 Å². The normalized spacial score (nSPS) is 32.6. The molecule has 3 atom stereocenters. The Bertz CT molecular complexity index is 475. The number of carbonyl (C=O) groups excluding carboxylic acids is 1. The molecule has 1 heterocycles. The summed E-state index contributed by atoms with van der Waals surface area (Å²) in [6.07, 6.45) is 3.91. The molecule has 2 fully saturated rings. The number of hydrogen-bond acceptors (Lipinski definition) is 5. The molecule has 2 rings (SSSR count). The Morgan fingerprint density at radius 1 is 1.38 bits per heavy atom. The second-order valence-electron chi connectivity index (χ2n) is 6.80. The predicted molar refractivity (Wildman–Crippen MR) is 88.2 cm³/mol. The number of carbonyl (C=O) groups is 1. The van der Waals surface area contributed by atoms with Gasteiger partial charge in [0.25, 0.3) is 0 Å². The minimum Gasteiger partial charge on any atom is -0.299 e. The minimum atomic E-state index is -3.08. The number of nitrogens with zero attached hydrogens (tertiary/aromatic N) is 1. The number of ketones is 1. The van der Waals surface area contributed by atoms with E-state index >= 15 is 0 Å². The first-order chi connectivity index (χ1) is 9.79. The van der Waals surface area contributed by atoms with E-state index in [0.29, 0.717) is 36.3 Å². The van der Waals surface area contributed by atoms with E-state index in [1.807, 2.05) is 4.90 Å². The highest BCUT2D eigenvalue weighted by Crippen LogP contribution is 2.33. The smallest absolute Gasteiger partial charge is 0.164 e. The van der Waals surface area contributed by atoms with Gasteiger partial charge in [-0.2, -0.15) is 11.8 Å². The molecule has 0 aromatic carbocycles. The van der Waals surface area contributed by atoms with E-state index in [1.54, 1.807) is 11.8 Å². The Balaban J connectivity index is 2.05. The van der Waals surface area contributed by atoms with E-state index in [1.165, 1.54) is 6.26 Å². The molecule has 2 aliphatic rings. The molecular weight excluding hydrogens is 306 g/mol. The summed E-state index contributed by atoms with van der Waals surface area (Å²) < 4.78 is 23.9. The highest BCUT2D eigenvalue weighted by molar-refractivity contribution is 8.00. The first-order valence-electron chi connectivity index (χ1n) is 7.82. The van der Waals surface area contributed by atoms with Crippen LogP contribution in [0.25, 0.3) is 0 Å².